The normalized spacial score (nSPS) is 15.0. The molecule has 0 radical (unpaired) electrons. The fourth-order valence-electron chi connectivity index (χ4n) is 0.389. The molecule has 0 saturated carbocycles. The average molecular weight is 244 g/mol. The predicted molar refractivity (Wildman–Crippen MR) is 50.8 cm³/mol. The zero-order chi connectivity index (χ0) is 8.91. The third kappa shape index (κ3) is 5.93. The maximum Gasteiger partial charge on any atom is 0.136 e. The maximum absolute atomic E-state index is 11.3. The molecule has 0 aromatic rings. The van der Waals surface area contributed by atoms with Crippen LogP contribution in [0.1, 0.15) is 20.8 Å². The van der Waals surface area contributed by atoms with E-state index in [1.165, 1.54) is 0 Å². The van der Waals surface area contributed by atoms with Crippen LogP contribution in [0.2, 0.25) is 0 Å². The number of halogens is 1. The van der Waals surface area contributed by atoms with Crippen molar-refractivity contribution in [2.75, 3.05) is 13.2 Å². The van der Waals surface area contributed by atoms with Gasteiger partial charge >= 0.3 is 0 Å². The van der Waals surface area contributed by atoms with Gasteiger partial charge in [-0.15, -0.1) is 4.72 Å². The van der Waals surface area contributed by atoms with E-state index in [0.29, 0.717) is 13.2 Å². The standard InChI is InChI=1S/C6H14BrNO2S/c1-6(2,3)11(9)8-4-5-10-7/h8H,4-5H2,1-3H3. The minimum absolute atomic E-state index is 0.202. The van der Waals surface area contributed by atoms with Gasteiger partial charge in [-0.2, -0.15) is 0 Å². The van der Waals surface area contributed by atoms with Crippen LogP contribution in [0.3, 0.4) is 0 Å². The van der Waals surface area contributed by atoms with Crippen LogP contribution in [0.5, 0.6) is 0 Å². The Hall–Kier alpha value is 0.710. The van der Waals surface area contributed by atoms with E-state index in [4.69, 9.17) is 0 Å². The molecule has 0 heterocycles. The van der Waals surface area contributed by atoms with Gasteiger partial charge in [-0.05, 0) is 20.8 Å². The lowest BCUT2D eigenvalue weighted by Crippen LogP contribution is -2.40. The molecule has 1 N–H and O–H groups in total. The van der Waals surface area contributed by atoms with Crippen molar-refractivity contribution in [2.24, 2.45) is 0 Å². The molecule has 0 spiro atoms. The molecule has 68 valence electrons. The first-order chi connectivity index (χ1) is 4.98. The number of nitrogens with one attached hydrogen (secondary N) is 1. The Balaban J connectivity index is 3.44. The van der Waals surface area contributed by atoms with Crippen LogP contribution >= 0.6 is 16.3 Å². The van der Waals surface area contributed by atoms with Crippen LogP contribution in [0.4, 0.5) is 0 Å². The Morgan fingerprint density at radius 2 is 2.09 bits per heavy atom. The summed E-state index contributed by atoms with van der Waals surface area (Å²) in [5.41, 5.74) is 0. The summed E-state index contributed by atoms with van der Waals surface area (Å²) in [6, 6.07) is 0. The Morgan fingerprint density at radius 1 is 1.55 bits per heavy atom. The summed E-state index contributed by atoms with van der Waals surface area (Å²) in [5.74, 6) is 0. The van der Waals surface area contributed by atoms with E-state index in [2.05, 4.69) is 24.8 Å². The minimum atomic E-state index is -0.990. The molecule has 0 aliphatic carbocycles. The van der Waals surface area contributed by atoms with E-state index >= 15 is 0 Å². The quantitative estimate of drug-likeness (QED) is 0.600. The highest BCUT2D eigenvalue weighted by Crippen LogP contribution is 2.12. The van der Waals surface area contributed by atoms with Crippen molar-refractivity contribution in [1.82, 2.24) is 4.72 Å². The zero-order valence-corrected chi connectivity index (χ0v) is 9.42. The molecule has 0 aromatic heterocycles. The third-order valence-electron chi connectivity index (χ3n) is 0.969. The lowest BCUT2D eigenvalue weighted by Gasteiger charge is -2.23. The van der Waals surface area contributed by atoms with Crippen molar-refractivity contribution in [2.45, 2.75) is 25.5 Å². The first kappa shape index (κ1) is 11.7. The molecule has 0 bridgehead atoms. The Labute approximate surface area is 79.6 Å². The first-order valence-corrected chi connectivity index (χ1v) is 5.17. The van der Waals surface area contributed by atoms with E-state index in [-0.39, 0.29) is 4.75 Å². The molecule has 0 fully saturated rings. The van der Waals surface area contributed by atoms with Gasteiger partial charge in [-0.3, -0.25) is 0 Å². The van der Waals surface area contributed by atoms with Crippen LogP contribution in [-0.2, 0) is 15.2 Å². The van der Waals surface area contributed by atoms with Gasteiger partial charge in [-0.25, -0.2) is 0 Å². The Morgan fingerprint density at radius 3 is 2.45 bits per heavy atom. The van der Waals surface area contributed by atoms with E-state index in [1.807, 2.05) is 20.8 Å². The molecule has 1 unspecified atom stereocenters. The van der Waals surface area contributed by atoms with Gasteiger partial charge in [0.15, 0.2) is 0 Å². The van der Waals surface area contributed by atoms with Crippen molar-refractivity contribution in [3.63, 3.8) is 0 Å². The van der Waals surface area contributed by atoms with Crippen LogP contribution < -0.4 is 4.72 Å². The summed E-state index contributed by atoms with van der Waals surface area (Å²) in [5, 5.41) is 0. The van der Waals surface area contributed by atoms with E-state index in [1.54, 1.807) is 0 Å². The van der Waals surface area contributed by atoms with Crippen molar-refractivity contribution in [3.05, 3.63) is 0 Å². The van der Waals surface area contributed by atoms with Gasteiger partial charge in [-0.1, -0.05) is 0 Å². The maximum atomic E-state index is 11.3. The summed E-state index contributed by atoms with van der Waals surface area (Å²) in [6.45, 7) is 6.87. The van der Waals surface area contributed by atoms with Crippen LogP contribution in [-0.4, -0.2) is 22.5 Å². The van der Waals surface area contributed by atoms with E-state index in [9.17, 15) is 4.55 Å². The third-order valence-corrected chi connectivity index (χ3v) is 2.87. The monoisotopic (exact) mass is 243 g/mol. The number of hydrogen-bond acceptors (Lipinski definition) is 3. The van der Waals surface area contributed by atoms with E-state index in [0.717, 1.165) is 0 Å². The average Bonchev–Trinajstić information content (AvgIpc) is 1.86. The summed E-state index contributed by atoms with van der Waals surface area (Å²) in [4.78, 5) is 0. The minimum Gasteiger partial charge on any atom is -0.598 e. The van der Waals surface area contributed by atoms with Crippen LogP contribution in [0.25, 0.3) is 0 Å². The van der Waals surface area contributed by atoms with Crippen molar-refractivity contribution in [3.8, 4) is 0 Å². The zero-order valence-electron chi connectivity index (χ0n) is 7.02. The predicted octanol–water partition coefficient (Wildman–Crippen LogP) is 1.36. The molecular formula is C6H14BrNO2S. The fourth-order valence-corrected chi connectivity index (χ4v) is 1.25. The second-order valence-electron chi connectivity index (χ2n) is 3.09. The van der Waals surface area contributed by atoms with Crippen molar-refractivity contribution < 1.29 is 8.38 Å². The lowest BCUT2D eigenvalue weighted by molar-refractivity contribution is 0.399. The summed E-state index contributed by atoms with van der Waals surface area (Å²) in [7, 11) is 0. The van der Waals surface area contributed by atoms with Gasteiger partial charge in [0.2, 0.25) is 0 Å². The second-order valence-corrected chi connectivity index (χ2v) is 5.60. The SMILES string of the molecule is CC(C)(C)[S+]([O-])NCCOBr. The van der Waals surface area contributed by atoms with Crippen molar-refractivity contribution >= 4 is 27.6 Å². The van der Waals surface area contributed by atoms with Gasteiger partial charge in [0.25, 0.3) is 0 Å². The smallest absolute Gasteiger partial charge is 0.136 e. The molecule has 11 heavy (non-hydrogen) atoms. The van der Waals surface area contributed by atoms with E-state index < -0.39 is 11.4 Å². The largest absolute Gasteiger partial charge is 0.598 e. The van der Waals surface area contributed by atoms with Gasteiger partial charge in [0, 0.05) is 11.4 Å². The molecule has 0 saturated heterocycles. The molecule has 5 heteroatoms. The molecule has 3 nitrogen and oxygen atoms in total. The lowest BCUT2D eigenvalue weighted by atomic mass is 10.3. The molecular weight excluding hydrogens is 230 g/mol. The van der Waals surface area contributed by atoms with Gasteiger partial charge < -0.3 is 8.38 Å². The molecule has 0 aliphatic heterocycles. The molecule has 1 atom stereocenters. The summed E-state index contributed by atoms with van der Waals surface area (Å²) < 4.78 is 18.5. The molecule has 0 aromatic carbocycles. The second kappa shape index (κ2) is 5.37. The topological polar surface area (TPSA) is 44.3 Å². The number of hydrogen-bond donors (Lipinski definition) is 1. The van der Waals surface area contributed by atoms with Crippen molar-refractivity contribution in [1.29, 1.82) is 0 Å². The Kier molecular flexibility index (Phi) is 5.72. The Bertz CT molecular complexity index is 107. The first-order valence-electron chi connectivity index (χ1n) is 3.37. The van der Waals surface area contributed by atoms with Crippen LogP contribution in [0, 0.1) is 0 Å². The highest BCUT2D eigenvalue weighted by atomic mass is 79.9. The summed E-state index contributed by atoms with van der Waals surface area (Å²) in [6.07, 6.45) is 0. The van der Waals surface area contributed by atoms with Crippen LogP contribution in [0.15, 0.2) is 0 Å². The number of rotatable bonds is 4. The highest BCUT2D eigenvalue weighted by molar-refractivity contribution is 9.06. The molecule has 0 amide bonds. The molecule has 0 aliphatic rings. The fraction of sp³-hybridized carbons (Fsp3) is 1.00. The molecule has 0 rings (SSSR count). The highest BCUT2D eigenvalue weighted by Gasteiger charge is 2.25. The van der Waals surface area contributed by atoms with Gasteiger partial charge in [0.05, 0.1) is 29.4 Å². The summed E-state index contributed by atoms with van der Waals surface area (Å²) >= 11 is 1.82. The van der Waals surface area contributed by atoms with Gasteiger partial charge in [0.1, 0.15) is 4.75 Å².